The minimum absolute atomic E-state index is 0.592. The number of benzene rings is 1. The predicted octanol–water partition coefficient (Wildman–Crippen LogP) is 1.33. The van der Waals surface area contributed by atoms with Crippen LogP contribution in [0.2, 0.25) is 0 Å². The number of rotatable bonds is 4. The van der Waals surface area contributed by atoms with Gasteiger partial charge in [0.25, 0.3) is 0 Å². The average Bonchev–Trinajstić information content (AvgIpc) is 2.39. The number of hydrogen-bond acceptors (Lipinski definition) is 4. The second-order valence-corrected chi connectivity index (χ2v) is 4.43. The minimum atomic E-state index is -0.592. The Labute approximate surface area is 109 Å². The first-order valence-corrected chi connectivity index (χ1v) is 6.07. The van der Waals surface area contributed by atoms with E-state index in [2.05, 4.69) is 5.32 Å². The van der Waals surface area contributed by atoms with E-state index >= 15 is 0 Å². The van der Waals surface area contributed by atoms with Crippen LogP contribution in [0.3, 0.4) is 0 Å². The summed E-state index contributed by atoms with van der Waals surface area (Å²) in [6.45, 7) is 1.76. The maximum absolute atomic E-state index is 6.22. The fourth-order valence-corrected chi connectivity index (χ4v) is 2.07. The zero-order valence-corrected chi connectivity index (χ0v) is 10.9. The van der Waals surface area contributed by atoms with Crippen molar-refractivity contribution in [2.45, 2.75) is 18.3 Å². The molecule has 2 radical (unpaired) electrons. The molecule has 18 heavy (non-hydrogen) atoms. The minimum Gasteiger partial charge on any atom is -0.497 e. The highest BCUT2D eigenvalue weighted by atomic mass is 16.5. The molecule has 1 aliphatic heterocycles. The first-order chi connectivity index (χ1) is 8.67. The Morgan fingerprint density at radius 1 is 1.11 bits per heavy atom. The third kappa shape index (κ3) is 2.90. The molecule has 1 aliphatic rings. The number of nitrogens with one attached hydrogen (secondary N) is 1. The van der Waals surface area contributed by atoms with Gasteiger partial charge in [0.05, 0.1) is 19.7 Å². The smallest absolute Gasteiger partial charge is 0.164 e. The fourth-order valence-electron chi connectivity index (χ4n) is 2.07. The van der Waals surface area contributed by atoms with E-state index in [1.807, 2.05) is 12.1 Å². The van der Waals surface area contributed by atoms with Gasteiger partial charge in [-0.15, -0.1) is 0 Å². The molecular weight excluding hydrogens is 229 g/mol. The summed E-state index contributed by atoms with van der Waals surface area (Å²) in [4.78, 5) is 0. The van der Waals surface area contributed by atoms with Crippen molar-refractivity contribution in [3.8, 4) is 17.2 Å². The maximum Gasteiger partial charge on any atom is 0.164 e. The van der Waals surface area contributed by atoms with E-state index in [0.29, 0.717) is 17.2 Å². The van der Waals surface area contributed by atoms with Crippen LogP contribution in [0.1, 0.15) is 12.8 Å². The van der Waals surface area contributed by atoms with Crippen molar-refractivity contribution in [3.05, 3.63) is 18.2 Å². The molecule has 0 saturated carbocycles. The summed E-state index contributed by atoms with van der Waals surface area (Å²) in [5.74, 6) is 2.03. The monoisotopic (exact) mass is 247 g/mol. The van der Waals surface area contributed by atoms with Gasteiger partial charge >= 0.3 is 0 Å². The van der Waals surface area contributed by atoms with E-state index in [1.54, 1.807) is 20.3 Å². The van der Waals surface area contributed by atoms with Gasteiger partial charge in [-0.25, -0.2) is 0 Å². The topological polar surface area (TPSA) is 39.7 Å². The van der Waals surface area contributed by atoms with Crippen molar-refractivity contribution in [2.24, 2.45) is 0 Å². The van der Waals surface area contributed by atoms with Crippen molar-refractivity contribution in [1.29, 1.82) is 0 Å². The molecule has 1 N–H and O–H groups in total. The molecule has 0 atom stereocenters. The Balaban J connectivity index is 2.13. The Morgan fingerprint density at radius 2 is 1.78 bits per heavy atom. The van der Waals surface area contributed by atoms with Crippen LogP contribution in [0.25, 0.3) is 0 Å². The Kier molecular flexibility index (Phi) is 4.02. The maximum atomic E-state index is 6.22. The van der Waals surface area contributed by atoms with E-state index in [4.69, 9.17) is 22.1 Å². The summed E-state index contributed by atoms with van der Waals surface area (Å²) in [6, 6.07) is 5.46. The largest absolute Gasteiger partial charge is 0.497 e. The molecule has 0 aliphatic carbocycles. The lowest BCUT2D eigenvalue weighted by Crippen LogP contribution is -2.46. The number of piperidine rings is 1. The SMILES string of the molecule is [B]C1(Oc2ccc(OC)c(OC)c2)CCNCC1. The Morgan fingerprint density at radius 3 is 2.39 bits per heavy atom. The molecular formula is C13H18BNO3. The molecule has 1 aromatic rings. The van der Waals surface area contributed by atoms with E-state index in [0.717, 1.165) is 25.9 Å². The third-order valence-corrected chi connectivity index (χ3v) is 3.13. The van der Waals surface area contributed by atoms with Crippen LogP contribution in [0.15, 0.2) is 18.2 Å². The average molecular weight is 247 g/mol. The van der Waals surface area contributed by atoms with E-state index in [-0.39, 0.29) is 0 Å². The summed E-state index contributed by atoms with van der Waals surface area (Å²) in [7, 11) is 9.43. The summed E-state index contributed by atoms with van der Waals surface area (Å²) in [6.07, 6.45) is 1.59. The molecule has 1 heterocycles. The molecule has 0 spiro atoms. The summed E-state index contributed by atoms with van der Waals surface area (Å²) >= 11 is 0. The van der Waals surface area contributed by atoms with Crippen LogP contribution in [0.4, 0.5) is 0 Å². The van der Waals surface area contributed by atoms with Crippen LogP contribution >= 0.6 is 0 Å². The van der Waals surface area contributed by atoms with Crippen molar-refractivity contribution in [3.63, 3.8) is 0 Å². The van der Waals surface area contributed by atoms with Gasteiger partial charge < -0.3 is 19.5 Å². The molecule has 0 bridgehead atoms. The van der Waals surface area contributed by atoms with Crippen LogP contribution in [0.5, 0.6) is 17.2 Å². The van der Waals surface area contributed by atoms with Crippen LogP contribution in [-0.4, -0.2) is 40.7 Å². The molecule has 2 rings (SSSR count). The number of ether oxygens (including phenoxy) is 3. The molecule has 1 saturated heterocycles. The van der Waals surface area contributed by atoms with Gasteiger partial charge in [-0.1, -0.05) is 0 Å². The highest BCUT2D eigenvalue weighted by Crippen LogP contribution is 2.33. The van der Waals surface area contributed by atoms with Gasteiger partial charge in [-0.3, -0.25) is 0 Å². The fraction of sp³-hybridized carbons (Fsp3) is 0.538. The summed E-state index contributed by atoms with van der Waals surface area (Å²) < 4.78 is 16.3. The molecule has 0 aromatic heterocycles. The first kappa shape index (κ1) is 13.1. The lowest BCUT2D eigenvalue weighted by Gasteiger charge is -2.35. The Bertz CT molecular complexity index is 405. The quantitative estimate of drug-likeness (QED) is 0.815. The van der Waals surface area contributed by atoms with E-state index < -0.39 is 5.50 Å². The second-order valence-electron chi connectivity index (χ2n) is 4.43. The van der Waals surface area contributed by atoms with Crippen molar-refractivity contribution >= 4 is 7.85 Å². The van der Waals surface area contributed by atoms with Gasteiger partial charge in [0.2, 0.25) is 0 Å². The summed E-state index contributed by atoms with van der Waals surface area (Å²) in [5, 5.41) is 3.26. The van der Waals surface area contributed by atoms with Crippen LogP contribution in [0, 0.1) is 0 Å². The molecule has 0 unspecified atom stereocenters. The van der Waals surface area contributed by atoms with Crippen LogP contribution < -0.4 is 19.5 Å². The number of methoxy groups -OCH3 is 2. The summed E-state index contributed by atoms with van der Waals surface area (Å²) in [5.41, 5.74) is -0.592. The standard InChI is InChI=1S/C13H18BNO3/c1-16-11-4-3-10(9-12(11)17-2)18-13(14)5-7-15-8-6-13/h3-4,9,15H,5-8H2,1-2H3. The number of hydrogen-bond donors (Lipinski definition) is 1. The molecule has 4 nitrogen and oxygen atoms in total. The third-order valence-electron chi connectivity index (χ3n) is 3.13. The van der Waals surface area contributed by atoms with Crippen molar-refractivity contribution < 1.29 is 14.2 Å². The predicted molar refractivity (Wildman–Crippen MR) is 70.8 cm³/mol. The van der Waals surface area contributed by atoms with Gasteiger partial charge in [-0.2, -0.15) is 0 Å². The van der Waals surface area contributed by atoms with Crippen molar-refractivity contribution in [1.82, 2.24) is 5.32 Å². The zero-order chi connectivity index (χ0) is 13.0. The molecule has 0 amide bonds. The van der Waals surface area contributed by atoms with E-state index in [9.17, 15) is 0 Å². The van der Waals surface area contributed by atoms with Gasteiger partial charge in [0.1, 0.15) is 13.6 Å². The second kappa shape index (κ2) is 5.52. The molecule has 1 fully saturated rings. The normalized spacial score (nSPS) is 18.1. The van der Waals surface area contributed by atoms with Crippen LogP contribution in [-0.2, 0) is 0 Å². The van der Waals surface area contributed by atoms with E-state index in [1.165, 1.54) is 0 Å². The highest BCUT2D eigenvalue weighted by Gasteiger charge is 2.28. The zero-order valence-electron chi connectivity index (χ0n) is 10.9. The lowest BCUT2D eigenvalue weighted by atomic mass is 9.74. The Hall–Kier alpha value is -1.36. The highest BCUT2D eigenvalue weighted by molar-refractivity contribution is 6.14. The molecule has 1 aromatic carbocycles. The molecule has 96 valence electrons. The van der Waals surface area contributed by atoms with Crippen molar-refractivity contribution in [2.75, 3.05) is 27.3 Å². The van der Waals surface area contributed by atoms with Gasteiger partial charge in [-0.05, 0) is 38.1 Å². The molecule has 5 heteroatoms. The lowest BCUT2D eigenvalue weighted by molar-refractivity contribution is 0.118. The van der Waals surface area contributed by atoms with Gasteiger partial charge in [0, 0.05) is 6.07 Å². The first-order valence-electron chi connectivity index (χ1n) is 6.07. The van der Waals surface area contributed by atoms with Gasteiger partial charge in [0.15, 0.2) is 11.5 Å².